The van der Waals surface area contributed by atoms with Crippen molar-refractivity contribution in [3.05, 3.63) is 17.7 Å². The summed E-state index contributed by atoms with van der Waals surface area (Å²) in [5.41, 5.74) is 0.781. The van der Waals surface area contributed by atoms with E-state index in [1.54, 1.807) is 13.2 Å². The van der Waals surface area contributed by atoms with E-state index in [-0.39, 0.29) is 6.01 Å². The lowest BCUT2D eigenvalue weighted by Gasteiger charge is -2.04. The third-order valence-electron chi connectivity index (χ3n) is 2.43. The first kappa shape index (κ1) is 14.2. The van der Waals surface area contributed by atoms with Gasteiger partial charge in [-0.25, -0.2) is 4.98 Å². The molecule has 0 aliphatic rings. The van der Waals surface area contributed by atoms with Gasteiger partial charge in [0.05, 0.1) is 13.7 Å². The topological polar surface area (TPSA) is 98.0 Å². The van der Waals surface area contributed by atoms with E-state index in [0.29, 0.717) is 24.3 Å². The lowest BCUT2D eigenvalue weighted by molar-refractivity contribution is 0.397. The van der Waals surface area contributed by atoms with E-state index < -0.39 is 0 Å². The van der Waals surface area contributed by atoms with Crippen molar-refractivity contribution in [2.45, 2.75) is 26.8 Å². The van der Waals surface area contributed by atoms with Crippen LogP contribution < -0.4 is 15.4 Å². The molecule has 0 bridgehead atoms. The summed E-state index contributed by atoms with van der Waals surface area (Å²) in [6.07, 6.45) is 1.05. The molecule has 8 heteroatoms. The number of ether oxygens (including phenoxy) is 1. The van der Waals surface area contributed by atoms with Gasteiger partial charge < -0.3 is 14.5 Å². The Labute approximate surface area is 117 Å². The fourth-order valence-corrected chi connectivity index (χ4v) is 1.54. The second-order valence-electron chi connectivity index (χ2n) is 4.18. The SMILES string of the molecule is CCCNCc1nnc(Nc2nc(C)cc(OC)n2)o1. The van der Waals surface area contributed by atoms with Crippen molar-refractivity contribution in [1.29, 1.82) is 0 Å². The van der Waals surface area contributed by atoms with Gasteiger partial charge in [-0.05, 0) is 19.9 Å². The van der Waals surface area contributed by atoms with E-state index in [1.165, 1.54) is 0 Å². The van der Waals surface area contributed by atoms with Gasteiger partial charge in [0.25, 0.3) is 0 Å². The number of aromatic nitrogens is 4. The number of aryl methyl sites for hydroxylation is 1. The maximum absolute atomic E-state index is 5.43. The van der Waals surface area contributed by atoms with Crippen LogP contribution in [0.15, 0.2) is 10.5 Å². The van der Waals surface area contributed by atoms with Crippen molar-refractivity contribution >= 4 is 12.0 Å². The first-order valence-corrected chi connectivity index (χ1v) is 6.41. The molecule has 2 heterocycles. The van der Waals surface area contributed by atoms with Crippen molar-refractivity contribution < 1.29 is 9.15 Å². The molecule has 108 valence electrons. The molecule has 0 amide bonds. The van der Waals surface area contributed by atoms with Gasteiger partial charge in [-0.15, -0.1) is 5.10 Å². The average Bonchev–Trinajstić information content (AvgIpc) is 2.86. The van der Waals surface area contributed by atoms with Crippen molar-refractivity contribution in [1.82, 2.24) is 25.5 Å². The second kappa shape index (κ2) is 6.80. The molecule has 0 aliphatic heterocycles. The Kier molecular flexibility index (Phi) is 4.83. The summed E-state index contributed by atoms with van der Waals surface area (Å²) in [6, 6.07) is 1.99. The predicted octanol–water partition coefficient (Wildman–Crippen LogP) is 1.42. The zero-order chi connectivity index (χ0) is 14.4. The van der Waals surface area contributed by atoms with Crippen LogP contribution in [-0.2, 0) is 6.54 Å². The largest absolute Gasteiger partial charge is 0.481 e. The van der Waals surface area contributed by atoms with Crippen molar-refractivity contribution in [3.8, 4) is 5.88 Å². The molecule has 2 aromatic heterocycles. The van der Waals surface area contributed by atoms with Crippen molar-refractivity contribution in [2.24, 2.45) is 0 Å². The Morgan fingerprint density at radius 1 is 1.30 bits per heavy atom. The molecule has 2 aromatic rings. The van der Waals surface area contributed by atoms with E-state index >= 15 is 0 Å². The Hall–Kier alpha value is -2.22. The number of hydrogen-bond donors (Lipinski definition) is 2. The number of methoxy groups -OCH3 is 1. The number of nitrogens with zero attached hydrogens (tertiary/aromatic N) is 4. The molecule has 2 N–H and O–H groups in total. The summed E-state index contributed by atoms with van der Waals surface area (Å²) in [5, 5.41) is 13.8. The highest BCUT2D eigenvalue weighted by atomic mass is 16.5. The molecule has 0 saturated carbocycles. The number of nitrogens with one attached hydrogen (secondary N) is 2. The summed E-state index contributed by atoms with van der Waals surface area (Å²) in [5.74, 6) is 1.35. The number of anilines is 2. The van der Waals surface area contributed by atoms with Gasteiger partial charge in [-0.3, -0.25) is 5.32 Å². The van der Waals surface area contributed by atoms with Gasteiger partial charge in [-0.1, -0.05) is 12.0 Å². The van der Waals surface area contributed by atoms with Gasteiger partial charge in [0, 0.05) is 11.8 Å². The van der Waals surface area contributed by atoms with Crippen LogP contribution in [0.5, 0.6) is 5.88 Å². The Balaban J connectivity index is 2.01. The van der Waals surface area contributed by atoms with E-state index in [9.17, 15) is 0 Å². The quantitative estimate of drug-likeness (QED) is 0.734. The van der Waals surface area contributed by atoms with Gasteiger partial charge in [-0.2, -0.15) is 4.98 Å². The lowest BCUT2D eigenvalue weighted by atomic mass is 10.4. The Morgan fingerprint density at radius 2 is 2.15 bits per heavy atom. The summed E-state index contributed by atoms with van der Waals surface area (Å²) in [7, 11) is 1.55. The summed E-state index contributed by atoms with van der Waals surface area (Å²) in [4.78, 5) is 8.36. The molecule has 20 heavy (non-hydrogen) atoms. The highest BCUT2D eigenvalue weighted by molar-refractivity contribution is 5.41. The highest BCUT2D eigenvalue weighted by Crippen LogP contribution is 2.15. The van der Waals surface area contributed by atoms with Crippen LogP contribution in [0.3, 0.4) is 0 Å². The van der Waals surface area contributed by atoms with Crippen LogP contribution in [0.4, 0.5) is 12.0 Å². The first-order valence-electron chi connectivity index (χ1n) is 6.41. The van der Waals surface area contributed by atoms with Crippen molar-refractivity contribution in [3.63, 3.8) is 0 Å². The number of rotatable bonds is 7. The second-order valence-corrected chi connectivity index (χ2v) is 4.18. The molecule has 0 saturated heterocycles. The Bertz CT molecular complexity index is 557. The molecular formula is C12H18N6O2. The predicted molar refractivity (Wildman–Crippen MR) is 72.9 cm³/mol. The standard InChI is InChI=1S/C12H18N6O2/c1-4-5-13-7-10-17-18-12(20-10)16-11-14-8(2)6-9(15-11)19-3/h6,13H,4-5,7H2,1-3H3,(H,14,15,16,18). The molecule has 0 fully saturated rings. The van der Waals surface area contributed by atoms with E-state index in [4.69, 9.17) is 9.15 Å². The molecule has 0 aromatic carbocycles. The number of hydrogen-bond acceptors (Lipinski definition) is 8. The summed E-state index contributed by atoms with van der Waals surface area (Å²) >= 11 is 0. The molecule has 8 nitrogen and oxygen atoms in total. The first-order chi connectivity index (χ1) is 9.71. The van der Waals surface area contributed by atoms with Crippen LogP contribution in [0.1, 0.15) is 24.9 Å². The van der Waals surface area contributed by atoms with Crippen LogP contribution in [0.25, 0.3) is 0 Å². The molecular weight excluding hydrogens is 260 g/mol. The van der Waals surface area contributed by atoms with Crippen LogP contribution in [-0.4, -0.2) is 33.8 Å². The van der Waals surface area contributed by atoms with Crippen molar-refractivity contribution in [2.75, 3.05) is 19.0 Å². The third-order valence-corrected chi connectivity index (χ3v) is 2.43. The fourth-order valence-electron chi connectivity index (χ4n) is 1.54. The van der Waals surface area contributed by atoms with Crippen LogP contribution in [0.2, 0.25) is 0 Å². The van der Waals surface area contributed by atoms with E-state index in [2.05, 4.69) is 37.7 Å². The monoisotopic (exact) mass is 278 g/mol. The van der Waals surface area contributed by atoms with Gasteiger partial charge in [0.15, 0.2) is 0 Å². The maximum atomic E-state index is 5.43. The fraction of sp³-hybridized carbons (Fsp3) is 0.500. The third kappa shape index (κ3) is 3.89. The molecule has 0 spiro atoms. The summed E-state index contributed by atoms with van der Waals surface area (Å²) in [6.45, 7) is 5.39. The van der Waals surface area contributed by atoms with Gasteiger partial charge in [0.2, 0.25) is 17.7 Å². The zero-order valence-corrected chi connectivity index (χ0v) is 11.8. The smallest absolute Gasteiger partial charge is 0.322 e. The van der Waals surface area contributed by atoms with Crippen LogP contribution in [0, 0.1) is 6.92 Å². The van der Waals surface area contributed by atoms with E-state index in [1.807, 2.05) is 6.92 Å². The van der Waals surface area contributed by atoms with Crippen LogP contribution >= 0.6 is 0 Å². The minimum absolute atomic E-state index is 0.256. The average molecular weight is 278 g/mol. The molecule has 2 rings (SSSR count). The lowest BCUT2D eigenvalue weighted by Crippen LogP contribution is -2.13. The maximum Gasteiger partial charge on any atom is 0.322 e. The highest BCUT2D eigenvalue weighted by Gasteiger charge is 2.08. The molecule has 0 atom stereocenters. The molecule has 0 radical (unpaired) electrons. The molecule has 0 aliphatic carbocycles. The minimum Gasteiger partial charge on any atom is -0.481 e. The molecule has 0 unspecified atom stereocenters. The van der Waals surface area contributed by atoms with E-state index in [0.717, 1.165) is 18.7 Å². The minimum atomic E-state index is 0.256. The van der Waals surface area contributed by atoms with Gasteiger partial charge >= 0.3 is 6.01 Å². The Morgan fingerprint density at radius 3 is 2.90 bits per heavy atom. The van der Waals surface area contributed by atoms with Gasteiger partial charge in [0.1, 0.15) is 0 Å². The summed E-state index contributed by atoms with van der Waals surface area (Å²) < 4.78 is 10.5. The zero-order valence-electron chi connectivity index (χ0n) is 11.8. The normalized spacial score (nSPS) is 10.6.